The van der Waals surface area contributed by atoms with Gasteiger partial charge in [0.2, 0.25) is 0 Å². The van der Waals surface area contributed by atoms with Crippen LogP contribution in [-0.4, -0.2) is 15.0 Å². The first-order valence-electron chi connectivity index (χ1n) is 4.81. The maximum absolute atomic E-state index is 8.61. The molecule has 4 heteroatoms. The van der Waals surface area contributed by atoms with E-state index in [4.69, 9.17) is 5.21 Å². The molecule has 0 radical (unpaired) electrons. The van der Waals surface area contributed by atoms with Crippen molar-refractivity contribution in [3.8, 4) is 0 Å². The second-order valence-electron chi connectivity index (χ2n) is 3.71. The van der Waals surface area contributed by atoms with Crippen molar-refractivity contribution in [3.05, 3.63) is 12.4 Å². The van der Waals surface area contributed by atoms with Crippen LogP contribution < -0.4 is 5.48 Å². The van der Waals surface area contributed by atoms with Crippen LogP contribution in [0.15, 0.2) is 12.4 Å². The Kier molecular flexibility index (Phi) is 2.49. The summed E-state index contributed by atoms with van der Waals surface area (Å²) in [4.78, 5) is 0. The summed E-state index contributed by atoms with van der Waals surface area (Å²) < 4.78 is 1.90. The monoisotopic (exact) mass is 181 g/mol. The summed E-state index contributed by atoms with van der Waals surface area (Å²) in [5, 5.41) is 12.8. The number of nitrogens with one attached hydrogen (secondary N) is 1. The summed E-state index contributed by atoms with van der Waals surface area (Å²) in [5.74, 6) is 0.784. The zero-order chi connectivity index (χ0) is 9.10. The molecule has 1 saturated carbocycles. The lowest BCUT2D eigenvalue weighted by atomic mass is 10.1. The molecular formula is C9H15N3O. The number of nitrogens with zero attached hydrogens (tertiary/aromatic N) is 2. The van der Waals surface area contributed by atoms with Gasteiger partial charge in [0.1, 0.15) is 0 Å². The van der Waals surface area contributed by atoms with Crippen LogP contribution in [0.3, 0.4) is 0 Å². The first kappa shape index (κ1) is 8.56. The maximum Gasteiger partial charge on any atom is 0.0981 e. The average Bonchev–Trinajstić information content (AvgIpc) is 2.76. The van der Waals surface area contributed by atoms with Crippen LogP contribution in [0.1, 0.15) is 25.7 Å². The number of aromatic nitrogens is 2. The van der Waals surface area contributed by atoms with Gasteiger partial charge in [-0.25, -0.2) is 0 Å². The van der Waals surface area contributed by atoms with Gasteiger partial charge in [0.15, 0.2) is 0 Å². The molecular weight excluding hydrogens is 166 g/mol. The molecule has 1 aromatic heterocycles. The lowest BCUT2D eigenvalue weighted by molar-refractivity contribution is 0.388. The Morgan fingerprint density at radius 1 is 1.54 bits per heavy atom. The highest BCUT2D eigenvalue weighted by Crippen LogP contribution is 2.26. The minimum atomic E-state index is 0.665. The van der Waals surface area contributed by atoms with E-state index in [9.17, 15) is 0 Å². The summed E-state index contributed by atoms with van der Waals surface area (Å²) in [6, 6.07) is 0. The number of hydrogen-bond acceptors (Lipinski definition) is 3. The van der Waals surface area contributed by atoms with Crippen LogP contribution in [0.25, 0.3) is 0 Å². The summed E-state index contributed by atoms with van der Waals surface area (Å²) in [5.41, 5.74) is 2.75. The molecule has 1 aliphatic rings. The quantitative estimate of drug-likeness (QED) is 0.700. The molecule has 2 N–H and O–H groups in total. The molecule has 4 nitrogen and oxygen atoms in total. The van der Waals surface area contributed by atoms with Gasteiger partial charge in [0.25, 0.3) is 0 Å². The smallest absolute Gasteiger partial charge is 0.0981 e. The van der Waals surface area contributed by atoms with E-state index in [2.05, 4.69) is 10.6 Å². The molecule has 0 atom stereocenters. The van der Waals surface area contributed by atoms with Crippen molar-refractivity contribution < 1.29 is 5.21 Å². The Morgan fingerprint density at radius 3 is 2.92 bits per heavy atom. The average molecular weight is 181 g/mol. The van der Waals surface area contributed by atoms with E-state index in [1.807, 2.05) is 10.9 Å². The Bertz CT molecular complexity index is 266. The van der Waals surface area contributed by atoms with Crippen LogP contribution in [0.4, 0.5) is 5.69 Å². The van der Waals surface area contributed by atoms with Gasteiger partial charge in [0.05, 0.1) is 18.1 Å². The summed E-state index contributed by atoms with van der Waals surface area (Å²) in [7, 11) is 0. The van der Waals surface area contributed by atoms with E-state index in [1.54, 1.807) is 6.20 Å². The van der Waals surface area contributed by atoms with Gasteiger partial charge in [0, 0.05) is 6.54 Å². The van der Waals surface area contributed by atoms with Crippen LogP contribution in [-0.2, 0) is 6.54 Å². The number of rotatable bonds is 3. The zero-order valence-electron chi connectivity index (χ0n) is 7.61. The highest BCUT2D eigenvalue weighted by Gasteiger charge is 2.15. The van der Waals surface area contributed by atoms with E-state index in [1.165, 1.54) is 25.7 Å². The van der Waals surface area contributed by atoms with Crippen molar-refractivity contribution in [1.82, 2.24) is 9.78 Å². The predicted octanol–water partition coefficient (Wildman–Crippen LogP) is 1.87. The fraction of sp³-hybridized carbons (Fsp3) is 0.667. The molecule has 0 unspecified atom stereocenters. The molecule has 2 rings (SSSR count). The molecule has 72 valence electrons. The van der Waals surface area contributed by atoms with Crippen molar-refractivity contribution in [2.75, 3.05) is 5.48 Å². The van der Waals surface area contributed by atoms with Gasteiger partial charge in [-0.15, -0.1) is 0 Å². The van der Waals surface area contributed by atoms with Gasteiger partial charge < -0.3 is 0 Å². The second-order valence-corrected chi connectivity index (χ2v) is 3.71. The summed E-state index contributed by atoms with van der Waals surface area (Å²) in [6.45, 7) is 0.988. The van der Waals surface area contributed by atoms with Crippen molar-refractivity contribution in [1.29, 1.82) is 0 Å². The number of hydrogen-bond donors (Lipinski definition) is 2. The third kappa shape index (κ3) is 2.01. The first-order chi connectivity index (χ1) is 6.38. The van der Waals surface area contributed by atoms with Crippen LogP contribution in [0, 0.1) is 5.92 Å². The van der Waals surface area contributed by atoms with Crippen molar-refractivity contribution in [3.63, 3.8) is 0 Å². The van der Waals surface area contributed by atoms with Crippen LogP contribution in [0.2, 0.25) is 0 Å². The zero-order valence-corrected chi connectivity index (χ0v) is 7.61. The predicted molar refractivity (Wildman–Crippen MR) is 49.6 cm³/mol. The Balaban J connectivity index is 1.92. The van der Waals surface area contributed by atoms with Crippen LogP contribution >= 0.6 is 0 Å². The summed E-state index contributed by atoms with van der Waals surface area (Å²) in [6.07, 6.45) is 8.82. The Hall–Kier alpha value is -1.03. The van der Waals surface area contributed by atoms with Crippen molar-refractivity contribution >= 4 is 5.69 Å². The summed E-state index contributed by atoms with van der Waals surface area (Å²) >= 11 is 0. The van der Waals surface area contributed by atoms with Gasteiger partial charge in [-0.2, -0.15) is 5.10 Å². The standard InChI is InChI=1S/C9H15N3O/c13-11-9-5-10-12(7-9)6-8-3-1-2-4-8/h5,7-8,11,13H,1-4,6H2. The highest BCUT2D eigenvalue weighted by atomic mass is 16.5. The third-order valence-corrected chi connectivity index (χ3v) is 2.68. The first-order valence-corrected chi connectivity index (χ1v) is 4.81. The molecule has 1 aliphatic carbocycles. The van der Waals surface area contributed by atoms with E-state index in [-0.39, 0.29) is 0 Å². The Labute approximate surface area is 77.5 Å². The Morgan fingerprint density at radius 2 is 2.31 bits per heavy atom. The van der Waals surface area contributed by atoms with Gasteiger partial charge in [-0.3, -0.25) is 15.4 Å². The SMILES string of the molecule is ONc1cnn(CC2CCCC2)c1. The van der Waals surface area contributed by atoms with Crippen molar-refractivity contribution in [2.24, 2.45) is 5.92 Å². The molecule has 0 amide bonds. The minimum Gasteiger partial charge on any atom is -0.291 e. The van der Waals surface area contributed by atoms with Gasteiger partial charge in [-0.1, -0.05) is 12.8 Å². The highest BCUT2D eigenvalue weighted by molar-refractivity contribution is 5.34. The van der Waals surface area contributed by atoms with E-state index >= 15 is 0 Å². The third-order valence-electron chi connectivity index (χ3n) is 2.68. The molecule has 13 heavy (non-hydrogen) atoms. The largest absolute Gasteiger partial charge is 0.291 e. The van der Waals surface area contributed by atoms with Crippen molar-refractivity contribution in [2.45, 2.75) is 32.2 Å². The second kappa shape index (κ2) is 3.79. The molecule has 1 fully saturated rings. The maximum atomic E-state index is 8.61. The van der Waals surface area contributed by atoms with Gasteiger partial charge >= 0.3 is 0 Å². The fourth-order valence-corrected chi connectivity index (χ4v) is 1.98. The molecule has 0 aromatic carbocycles. The fourth-order valence-electron chi connectivity index (χ4n) is 1.98. The lowest BCUT2D eigenvalue weighted by Crippen LogP contribution is -2.07. The van der Waals surface area contributed by atoms with E-state index in [0.717, 1.165) is 12.5 Å². The molecule has 0 spiro atoms. The minimum absolute atomic E-state index is 0.665. The lowest BCUT2D eigenvalue weighted by Gasteiger charge is -2.07. The normalized spacial score (nSPS) is 17.9. The molecule has 1 aromatic rings. The molecule has 0 bridgehead atoms. The molecule has 1 heterocycles. The van der Waals surface area contributed by atoms with E-state index < -0.39 is 0 Å². The van der Waals surface area contributed by atoms with E-state index in [0.29, 0.717) is 5.69 Å². The van der Waals surface area contributed by atoms with Crippen LogP contribution in [0.5, 0.6) is 0 Å². The topological polar surface area (TPSA) is 50.1 Å². The molecule has 0 saturated heterocycles. The number of anilines is 1. The van der Waals surface area contributed by atoms with Gasteiger partial charge in [-0.05, 0) is 18.8 Å². The molecule has 0 aliphatic heterocycles.